The second kappa shape index (κ2) is 9.31. The quantitative estimate of drug-likeness (QED) is 0.510. The number of nitrogens with one attached hydrogen (secondary N) is 1. The van der Waals surface area contributed by atoms with Crippen molar-refractivity contribution in [2.75, 3.05) is 0 Å². The summed E-state index contributed by atoms with van der Waals surface area (Å²) >= 11 is 6.06. The maximum absolute atomic E-state index is 12.0. The van der Waals surface area contributed by atoms with Gasteiger partial charge in [0.15, 0.2) is 0 Å². The highest BCUT2D eigenvalue weighted by molar-refractivity contribution is 6.30. The van der Waals surface area contributed by atoms with Crippen molar-refractivity contribution in [3.63, 3.8) is 0 Å². The highest BCUT2D eigenvalue weighted by atomic mass is 35.5. The number of halogens is 1. The summed E-state index contributed by atoms with van der Waals surface area (Å²) in [6.45, 7) is 0.317. The number of hydrogen-bond acceptors (Lipinski definition) is 5. The first kappa shape index (κ1) is 19.1. The van der Waals surface area contributed by atoms with Crippen LogP contribution in [0.2, 0.25) is 5.02 Å². The Hall–Kier alpha value is -3.69. The van der Waals surface area contributed by atoms with E-state index >= 15 is 0 Å². The van der Waals surface area contributed by atoms with Crippen molar-refractivity contribution in [3.8, 4) is 11.8 Å². The Labute approximate surface area is 167 Å². The monoisotopic (exact) mass is 390 g/mol. The summed E-state index contributed by atoms with van der Waals surface area (Å²) in [6.07, 6.45) is 4.54. The minimum atomic E-state index is -0.347. The molecule has 28 heavy (non-hydrogen) atoms. The molecule has 138 valence electrons. The average molecular weight is 391 g/mol. The van der Waals surface area contributed by atoms with E-state index < -0.39 is 0 Å². The first-order valence-electron chi connectivity index (χ1n) is 8.30. The normalized spacial score (nSPS) is 10.4. The summed E-state index contributed by atoms with van der Waals surface area (Å²) in [5.74, 6) is 0.219. The molecule has 7 heteroatoms. The maximum Gasteiger partial charge on any atom is 0.271 e. The molecule has 0 saturated heterocycles. The molecular weight excluding hydrogens is 376 g/mol. The summed E-state index contributed by atoms with van der Waals surface area (Å²) in [4.78, 5) is 15.9. The van der Waals surface area contributed by atoms with Gasteiger partial charge in [0, 0.05) is 28.5 Å². The van der Waals surface area contributed by atoms with Crippen LogP contribution in [0.5, 0.6) is 5.75 Å². The molecule has 0 aliphatic heterocycles. The van der Waals surface area contributed by atoms with Crippen molar-refractivity contribution < 1.29 is 9.53 Å². The molecule has 1 aromatic heterocycles. The number of nitriles is 1. The third-order valence-electron chi connectivity index (χ3n) is 3.76. The predicted molar refractivity (Wildman–Crippen MR) is 106 cm³/mol. The molecule has 3 rings (SSSR count). The van der Waals surface area contributed by atoms with Crippen molar-refractivity contribution in [1.29, 1.82) is 5.26 Å². The van der Waals surface area contributed by atoms with Gasteiger partial charge in [0.2, 0.25) is 0 Å². The van der Waals surface area contributed by atoms with Crippen LogP contribution in [0.15, 0.2) is 72.1 Å². The second-order valence-corrected chi connectivity index (χ2v) is 6.15. The number of carbonyl (C=O) groups excluding carboxylic acids is 1. The number of benzene rings is 2. The average Bonchev–Trinajstić information content (AvgIpc) is 2.74. The van der Waals surface area contributed by atoms with Crippen LogP contribution in [0.4, 0.5) is 0 Å². The fourth-order valence-electron chi connectivity index (χ4n) is 2.32. The molecule has 0 unspecified atom stereocenters. The molecule has 2 aromatic carbocycles. The van der Waals surface area contributed by atoms with E-state index in [9.17, 15) is 4.79 Å². The number of aromatic nitrogens is 1. The van der Waals surface area contributed by atoms with E-state index in [4.69, 9.17) is 21.6 Å². The number of carbonyl (C=O) groups is 1. The second-order valence-electron chi connectivity index (χ2n) is 5.71. The first-order chi connectivity index (χ1) is 13.7. The lowest BCUT2D eigenvalue weighted by Crippen LogP contribution is -2.17. The van der Waals surface area contributed by atoms with Gasteiger partial charge in [-0.2, -0.15) is 10.4 Å². The number of pyridine rings is 1. The molecule has 0 radical (unpaired) electrons. The number of hydrogen-bond donors (Lipinski definition) is 1. The minimum absolute atomic E-state index is 0.317. The molecule has 0 atom stereocenters. The van der Waals surface area contributed by atoms with Gasteiger partial charge in [-0.1, -0.05) is 23.7 Å². The summed E-state index contributed by atoms with van der Waals surface area (Å²) < 4.78 is 5.84. The van der Waals surface area contributed by atoms with E-state index in [0.717, 1.165) is 5.56 Å². The molecule has 3 aromatic rings. The summed E-state index contributed by atoms with van der Waals surface area (Å²) in [6, 6.07) is 17.5. The summed E-state index contributed by atoms with van der Waals surface area (Å²) in [5.41, 5.74) is 5.04. The molecular formula is C21H15ClN4O2. The van der Waals surface area contributed by atoms with Crippen LogP contribution in [0, 0.1) is 11.3 Å². The third kappa shape index (κ3) is 5.16. The van der Waals surface area contributed by atoms with Crippen LogP contribution in [-0.2, 0) is 6.61 Å². The zero-order chi connectivity index (χ0) is 19.8. The van der Waals surface area contributed by atoms with Crippen LogP contribution in [0.25, 0.3) is 0 Å². The molecule has 1 amide bonds. The van der Waals surface area contributed by atoms with Crippen LogP contribution >= 0.6 is 11.6 Å². The van der Waals surface area contributed by atoms with Crippen molar-refractivity contribution in [2.45, 2.75) is 6.61 Å². The van der Waals surface area contributed by atoms with Gasteiger partial charge >= 0.3 is 0 Å². The van der Waals surface area contributed by atoms with Gasteiger partial charge in [0.25, 0.3) is 5.91 Å². The van der Waals surface area contributed by atoms with Gasteiger partial charge in [0.05, 0.1) is 17.8 Å². The van der Waals surface area contributed by atoms with Gasteiger partial charge in [-0.05, 0) is 48.0 Å². The fourth-order valence-corrected chi connectivity index (χ4v) is 2.50. The van der Waals surface area contributed by atoms with E-state index in [1.54, 1.807) is 42.5 Å². The number of ether oxygens (including phenoxy) is 1. The van der Waals surface area contributed by atoms with Crippen LogP contribution in [0.3, 0.4) is 0 Å². The van der Waals surface area contributed by atoms with Crippen LogP contribution in [-0.4, -0.2) is 17.1 Å². The van der Waals surface area contributed by atoms with Gasteiger partial charge in [-0.25, -0.2) is 5.43 Å². The highest BCUT2D eigenvalue weighted by Gasteiger charge is 2.06. The third-order valence-corrected chi connectivity index (χ3v) is 4.00. The van der Waals surface area contributed by atoms with E-state index in [2.05, 4.69) is 21.6 Å². The minimum Gasteiger partial charge on any atom is -0.488 e. The molecule has 6 nitrogen and oxygen atoms in total. The van der Waals surface area contributed by atoms with Gasteiger partial charge in [-0.15, -0.1) is 0 Å². The van der Waals surface area contributed by atoms with Crippen molar-refractivity contribution in [3.05, 3.63) is 94.3 Å². The Morgan fingerprint density at radius 3 is 2.64 bits per heavy atom. The van der Waals surface area contributed by atoms with E-state index in [0.29, 0.717) is 34.1 Å². The first-order valence-corrected chi connectivity index (χ1v) is 8.68. The largest absolute Gasteiger partial charge is 0.488 e. The number of amides is 1. The molecule has 0 saturated carbocycles. The fraction of sp³-hybridized carbons (Fsp3) is 0.0476. The highest BCUT2D eigenvalue weighted by Crippen LogP contribution is 2.22. The van der Waals surface area contributed by atoms with Gasteiger partial charge in [-0.3, -0.25) is 9.78 Å². The van der Waals surface area contributed by atoms with E-state index in [1.165, 1.54) is 18.6 Å². The summed E-state index contributed by atoms with van der Waals surface area (Å²) in [7, 11) is 0. The Kier molecular flexibility index (Phi) is 6.34. The van der Waals surface area contributed by atoms with Crippen molar-refractivity contribution in [2.24, 2.45) is 5.10 Å². The smallest absolute Gasteiger partial charge is 0.271 e. The zero-order valence-electron chi connectivity index (χ0n) is 14.7. The number of rotatable bonds is 6. The lowest BCUT2D eigenvalue weighted by molar-refractivity contribution is 0.0955. The molecule has 0 bridgehead atoms. The number of hydrazone groups is 1. The lowest BCUT2D eigenvalue weighted by atomic mass is 10.1. The standard InChI is InChI=1S/C21H15ClN4O2/c22-19-5-6-20(28-14-16-3-1-15(12-23)2-4-16)18(11-19)13-25-26-21(27)17-7-9-24-10-8-17/h1-11,13H,14H2,(H,26,27)/b25-13-. The molecule has 0 fully saturated rings. The Morgan fingerprint density at radius 1 is 1.18 bits per heavy atom. The van der Waals surface area contributed by atoms with Gasteiger partial charge in [0.1, 0.15) is 12.4 Å². The molecule has 0 aliphatic rings. The van der Waals surface area contributed by atoms with Crippen LogP contribution < -0.4 is 10.2 Å². The Bertz CT molecular complexity index is 1030. The molecule has 0 spiro atoms. The molecule has 1 N–H and O–H groups in total. The topological polar surface area (TPSA) is 87.4 Å². The lowest BCUT2D eigenvalue weighted by Gasteiger charge is -2.10. The maximum atomic E-state index is 12.0. The SMILES string of the molecule is N#Cc1ccc(COc2ccc(Cl)cc2/C=N\NC(=O)c2ccncc2)cc1. The molecule has 0 aliphatic carbocycles. The molecule has 1 heterocycles. The zero-order valence-corrected chi connectivity index (χ0v) is 15.4. The van der Waals surface area contributed by atoms with Crippen molar-refractivity contribution >= 4 is 23.7 Å². The van der Waals surface area contributed by atoms with Crippen molar-refractivity contribution in [1.82, 2.24) is 10.4 Å². The summed E-state index contributed by atoms with van der Waals surface area (Å²) in [5, 5.41) is 13.4. The Balaban J connectivity index is 1.68. The Morgan fingerprint density at radius 2 is 1.93 bits per heavy atom. The van der Waals surface area contributed by atoms with E-state index in [1.807, 2.05) is 12.1 Å². The van der Waals surface area contributed by atoms with E-state index in [-0.39, 0.29) is 5.91 Å². The van der Waals surface area contributed by atoms with Crippen LogP contribution in [0.1, 0.15) is 27.0 Å². The number of nitrogens with zero attached hydrogens (tertiary/aromatic N) is 3. The predicted octanol–water partition coefficient (Wildman–Crippen LogP) is 3.95. The van der Waals surface area contributed by atoms with Gasteiger partial charge < -0.3 is 4.74 Å².